The number of thioether (sulfide) groups is 1. The van der Waals surface area contributed by atoms with E-state index in [1.54, 1.807) is 18.2 Å². The minimum atomic E-state index is -3.69. The Hall–Kier alpha value is -1.54. The van der Waals surface area contributed by atoms with Crippen molar-refractivity contribution in [1.82, 2.24) is 5.32 Å². The Bertz CT molecular complexity index is 654. The summed E-state index contributed by atoms with van der Waals surface area (Å²) in [6.07, 6.45) is 0. The number of fused-ring (bicyclic) bond motifs is 1. The largest absolute Gasteiger partial charge is 0.353 e. The molecule has 2 rings (SSSR count). The first-order valence-electron chi connectivity index (χ1n) is 6.01. The number of hydrogen-bond acceptors (Lipinski definition) is 5. The predicted molar refractivity (Wildman–Crippen MR) is 80.4 cm³/mol. The van der Waals surface area contributed by atoms with Crippen LogP contribution in [0.4, 0.5) is 5.69 Å². The molecule has 1 aromatic rings. The second kappa shape index (κ2) is 5.84. The number of nitrogens with zero attached hydrogens (tertiary/aromatic N) is 1. The highest BCUT2D eigenvalue weighted by atomic mass is 32.2. The predicted octanol–water partition coefficient (Wildman–Crippen LogP) is 1.41. The van der Waals surface area contributed by atoms with Crippen LogP contribution in [0.15, 0.2) is 33.6 Å². The van der Waals surface area contributed by atoms with Gasteiger partial charge in [-0.25, -0.2) is 0 Å². The van der Waals surface area contributed by atoms with E-state index in [2.05, 4.69) is 15.0 Å². The SMILES string of the molecule is CC(C)NC(=O)CSC1=NS(=O)(=O)c2ccccc2N1. The van der Waals surface area contributed by atoms with Crippen molar-refractivity contribution in [2.45, 2.75) is 24.8 Å². The van der Waals surface area contributed by atoms with E-state index in [9.17, 15) is 13.2 Å². The minimum absolute atomic E-state index is 0.0498. The summed E-state index contributed by atoms with van der Waals surface area (Å²) in [5, 5.41) is 5.86. The molecule has 6 nitrogen and oxygen atoms in total. The summed E-state index contributed by atoms with van der Waals surface area (Å²) in [7, 11) is -3.69. The normalized spacial score (nSPS) is 16.1. The van der Waals surface area contributed by atoms with Crippen molar-refractivity contribution in [2.75, 3.05) is 11.1 Å². The fourth-order valence-corrected chi connectivity index (χ4v) is 3.70. The molecule has 0 fully saturated rings. The van der Waals surface area contributed by atoms with Gasteiger partial charge < -0.3 is 10.6 Å². The third-order valence-corrected chi connectivity index (χ3v) is 4.72. The summed E-state index contributed by atoms with van der Waals surface area (Å²) < 4.78 is 27.6. The van der Waals surface area contributed by atoms with Crippen LogP contribution in [-0.2, 0) is 14.8 Å². The number of nitrogens with one attached hydrogen (secondary N) is 2. The maximum atomic E-state index is 12.0. The maximum Gasteiger partial charge on any atom is 0.286 e. The smallest absolute Gasteiger partial charge is 0.286 e. The Morgan fingerprint density at radius 1 is 1.40 bits per heavy atom. The molecular weight excluding hydrogens is 298 g/mol. The standard InChI is InChI=1S/C12H15N3O3S2/c1-8(2)13-11(16)7-19-12-14-9-5-3-4-6-10(9)20(17,18)15-12/h3-6,8H,7H2,1-2H3,(H,13,16)(H,14,15). The summed E-state index contributed by atoms with van der Waals surface area (Å²) in [6, 6.07) is 6.58. The summed E-state index contributed by atoms with van der Waals surface area (Å²) in [5.74, 6) is -0.0485. The number of amides is 1. The van der Waals surface area contributed by atoms with E-state index in [1.165, 1.54) is 6.07 Å². The highest BCUT2D eigenvalue weighted by molar-refractivity contribution is 8.15. The van der Waals surface area contributed by atoms with Crippen LogP contribution in [-0.4, -0.2) is 31.3 Å². The van der Waals surface area contributed by atoms with Crippen molar-refractivity contribution < 1.29 is 13.2 Å². The van der Waals surface area contributed by atoms with Gasteiger partial charge in [-0.2, -0.15) is 8.42 Å². The van der Waals surface area contributed by atoms with Gasteiger partial charge in [0.15, 0.2) is 5.17 Å². The van der Waals surface area contributed by atoms with E-state index >= 15 is 0 Å². The third kappa shape index (κ3) is 3.51. The summed E-state index contributed by atoms with van der Waals surface area (Å²) >= 11 is 1.06. The molecule has 0 saturated heterocycles. The van der Waals surface area contributed by atoms with E-state index in [1.807, 2.05) is 13.8 Å². The number of sulfonamides is 1. The van der Waals surface area contributed by atoms with Crippen LogP contribution < -0.4 is 10.6 Å². The van der Waals surface area contributed by atoms with Gasteiger partial charge in [0.05, 0.1) is 11.4 Å². The van der Waals surface area contributed by atoms with Crippen LogP contribution in [0.5, 0.6) is 0 Å². The molecule has 0 aliphatic carbocycles. The number of amidine groups is 1. The van der Waals surface area contributed by atoms with E-state index in [0.717, 1.165) is 11.8 Å². The molecule has 0 atom stereocenters. The molecule has 20 heavy (non-hydrogen) atoms. The molecule has 0 saturated carbocycles. The second-order valence-electron chi connectivity index (χ2n) is 4.50. The highest BCUT2D eigenvalue weighted by Gasteiger charge is 2.24. The number of carbonyl (C=O) groups is 1. The first kappa shape index (κ1) is 14.9. The average molecular weight is 313 g/mol. The average Bonchev–Trinajstić information content (AvgIpc) is 2.35. The number of rotatable bonds is 3. The first-order chi connectivity index (χ1) is 9.38. The Kier molecular flexibility index (Phi) is 4.34. The van der Waals surface area contributed by atoms with Gasteiger partial charge >= 0.3 is 0 Å². The summed E-state index contributed by atoms with van der Waals surface area (Å²) in [6.45, 7) is 3.72. The van der Waals surface area contributed by atoms with E-state index < -0.39 is 10.0 Å². The highest BCUT2D eigenvalue weighted by Crippen LogP contribution is 2.28. The Morgan fingerprint density at radius 3 is 2.80 bits per heavy atom. The Balaban J connectivity index is 2.09. The van der Waals surface area contributed by atoms with Crippen LogP contribution in [0.2, 0.25) is 0 Å². The van der Waals surface area contributed by atoms with Gasteiger partial charge in [0.1, 0.15) is 4.90 Å². The fraction of sp³-hybridized carbons (Fsp3) is 0.333. The quantitative estimate of drug-likeness (QED) is 0.881. The van der Waals surface area contributed by atoms with Crippen molar-refractivity contribution in [3.8, 4) is 0 Å². The van der Waals surface area contributed by atoms with Crippen LogP contribution >= 0.6 is 11.8 Å². The summed E-state index contributed by atoms with van der Waals surface area (Å²) in [5.41, 5.74) is 0.481. The molecular formula is C12H15N3O3S2. The molecule has 0 spiro atoms. The molecule has 1 amide bonds. The number of hydrogen-bond donors (Lipinski definition) is 2. The fourth-order valence-electron chi connectivity index (χ4n) is 1.65. The van der Waals surface area contributed by atoms with Crippen molar-refractivity contribution in [2.24, 2.45) is 4.40 Å². The molecule has 1 heterocycles. The van der Waals surface area contributed by atoms with Gasteiger partial charge in [-0.15, -0.1) is 4.40 Å². The first-order valence-corrected chi connectivity index (χ1v) is 8.44. The van der Waals surface area contributed by atoms with Gasteiger partial charge in [-0.05, 0) is 26.0 Å². The van der Waals surface area contributed by atoms with E-state index in [4.69, 9.17) is 0 Å². The Labute approximate surface area is 122 Å². The van der Waals surface area contributed by atoms with Crippen LogP contribution in [0.25, 0.3) is 0 Å². The third-order valence-electron chi connectivity index (χ3n) is 2.40. The van der Waals surface area contributed by atoms with E-state index in [0.29, 0.717) is 5.69 Å². The number of anilines is 1. The zero-order valence-corrected chi connectivity index (χ0v) is 12.7. The van der Waals surface area contributed by atoms with Gasteiger partial charge in [0.2, 0.25) is 5.91 Å². The molecule has 0 unspecified atom stereocenters. The van der Waals surface area contributed by atoms with Crippen molar-refractivity contribution in [3.63, 3.8) is 0 Å². The molecule has 0 radical (unpaired) electrons. The molecule has 2 N–H and O–H groups in total. The number of para-hydroxylation sites is 1. The lowest BCUT2D eigenvalue weighted by molar-refractivity contribution is -0.119. The lowest BCUT2D eigenvalue weighted by atomic mass is 10.3. The molecule has 1 aromatic carbocycles. The molecule has 0 aromatic heterocycles. The monoisotopic (exact) mass is 313 g/mol. The lowest BCUT2D eigenvalue weighted by Gasteiger charge is -2.17. The van der Waals surface area contributed by atoms with Crippen LogP contribution in [0.1, 0.15) is 13.8 Å². The van der Waals surface area contributed by atoms with Crippen molar-refractivity contribution >= 4 is 38.5 Å². The van der Waals surface area contributed by atoms with Gasteiger partial charge in [-0.1, -0.05) is 23.9 Å². The van der Waals surface area contributed by atoms with Gasteiger partial charge in [0.25, 0.3) is 10.0 Å². The van der Waals surface area contributed by atoms with Crippen molar-refractivity contribution in [3.05, 3.63) is 24.3 Å². The molecule has 108 valence electrons. The maximum absolute atomic E-state index is 12.0. The Morgan fingerprint density at radius 2 is 2.10 bits per heavy atom. The zero-order chi connectivity index (χ0) is 14.8. The number of carbonyl (C=O) groups excluding carboxylic acids is 1. The second-order valence-corrected chi connectivity index (χ2v) is 7.04. The molecule has 0 bridgehead atoms. The minimum Gasteiger partial charge on any atom is -0.353 e. The molecule has 1 aliphatic rings. The molecule has 1 aliphatic heterocycles. The van der Waals surface area contributed by atoms with E-state index in [-0.39, 0.29) is 27.8 Å². The van der Waals surface area contributed by atoms with Crippen LogP contribution in [0, 0.1) is 0 Å². The van der Waals surface area contributed by atoms with Crippen LogP contribution in [0.3, 0.4) is 0 Å². The zero-order valence-electron chi connectivity index (χ0n) is 11.1. The summed E-state index contributed by atoms with van der Waals surface area (Å²) in [4.78, 5) is 11.7. The molecule has 8 heteroatoms. The van der Waals surface area contributed by atoms with Gasteiger partial charge in [-0.3, -0.25) is 4.79 Å². The van der Waals surface area contributed by atoms with Crippen molar-refractivity contribution in [1.29, 1.82) is 0 Å². The topological polar surface area (TPSA) is 87.6 Å². The number of benzene rings is 1. The lowest BCUT2D eigenvalue weighted by Crippen LogP contribution is -2.32. The van der Waals surface area contributed by atoms with Gasteiger partial charge in [0, 0.05) is 6.04 Å².